The van der Waals surface area contributed by atoms with Crippen molar-refractivity contribution in [3.8, 4) is 0 Å². The number of aromatic nitrogens is 2. The summed E-state index contributed by atoms with van der Waals surface area (Å²) in [6.45, 7) is 1.24. The van der Waals surface area contributed by atoms with Crippen molar-refractivity contribution in [1.29, 1.82) is 0 Å². The minimum absolute atomic E-state index is 0.219. The van der Waals surface area contributed by atoms with Gasteiger partial charge in [0.25, 0.3) is 0 Å². The summed E-state index contributed by atoms with van der Waals surface area (Å²) in [4.78, 5) is 20.9. The van der Waals surface area contributed by atoms with Crippen molar-refractivity contribution in [3.05, 3.63) is 16.4 Å². The summed E-state index contributed by atoms with van der Waals surface area (Å²) >= 11 is 11.5. The molecule has 0 spiro atoms. The Hall–Kier alpha value is -1.07. The lowest BCUT2D eigenvalue weighted by molar-refractivity contribution is -0.142. The number of hydrogen-bond acceptors (Lipinski definition) is 4. The molecule has 0 amide bonds. The number of halogens is 2. The van der Waals surface area contributed by atoms with E-state index >= 15 is 0 Å². The van der Waals surface area contributed by atoms with Crippen LogP contribution in [0.1, 0.15) is 12.8 Å². The van der Waals surface area contributed by atoms with Crippen molar-refractivity contribution >= 4 is 35.1 Å². The average molecular weight is 276 g/mol. The van der Waals surface area contributed by atoms with Gasteiger partial charge in [0.2, 0.25) is 5.95 Å². The smallest absolute Gasteiger partial charge is 0.306 e. The van der Waals surface area contributed by atoms with Crippen molar-refractivity contribution in [1.82, 2.24) is 9.97 Å². The quantitative estimate of drug-likeness (QED) is 0.838. The zero-order valence-electron chi connectivity index (χ0n) is 8.94. The summed E-state index contributed by atoms with van der Waals surface area (Å²) in [6, 6.07) is 0. The topological polar surface area (TPSA) is 66.3 Å². The first-order valence-corrected chi connectivity index (χ1v) is 5.99. The molecule has 1 aromatic heterocycles. The predicted molar refractivity (Wildman–Crippen MR) is 64.6 cm³/mol. The van der Waals surface area contributed by atoms with Crippen LogP contribution in [0, 0.1) is 5.92 Å². The minimum Gasteiger partial charge on any atom is -0.481 e. The number of anilines is 1. The fourth-order valence-electron chi connectivity index (χ4n) is 1.82. The molecule has 5 nitrogen and oxygen atoms in total. The number of rotatable bonds is 2. The fraction of sp³-hybridized carbons (Fsp3) is 0.500. The maximum atomic E-state index is 10.8. The molecule has 1 saturated heterocycles. The van der Waals surface area contributed by atoms with Gasteiger partial charge in [-0.2, -0.15) is 4.98 Å². The van der Waals surface area contributed by atoms with E-state index in [4.69, 9.17) is 28.3 Å². The first-order chi connectivity index (χ1) is 8.08. The second-order valence-electron chi connectivity index (χ2n) is 3.91. The molecule has 1 fully saturated rings. The van der Waals surface area contributed by atoms with Gasteiger partial charge in [0.15, 0.2) is 5.15 Å². The molecular weight excluding hydrogens is 265 g/mol. The maximum absolute atomic E-state index is 10.8. The molecule has 0 bridgehead atoms. The van der Waals surface area contributed by atoms with E-state index in [9.17, 15) is 4.79 Å². The lowest BCUT2D eigenvalue weighted by Gasteiger charge is -2.30. The largest absolute Gasteiger partial charge is 0.481 e. The van der Waals surface area contributed by atoms with Gasteiger partial charge < -0.3 is 10.0 Å². The molecule has 2 heterocycles. The van der Waals surface area contributed by atoms with Crippen LogP contribution in [-0.4, -0.2) is 34.1 Å². The molecular formula is C10H11Cl2N3O2. The number of hydrogen-bond donors (Lipinski definition) is 1. The summed E-state index contributed by atoms with van der Waals surface area (Å²) in [7, 11) is 0. The van der Waals surface area contributed by atoms with E-state index in [0.29, 0.717) is 36.9 Å². The number of nitrogens with zero attached hydrogens (tertiary/aromatic N) is 3. The van der Waals surface area contributed by atoms with Crippen LogP contribution < -0.4 is 4.90 Å². The third-order valence-electron chi connectivity index (χ3n) is 2.82. The summed E-state index contributed by atoms with van der Waals surface area (Å²) < 4.78 is 0. The SMILES string of the molecule is O=C(O)C1CCN(c2ncc(Cl)c(Cl)n2)CC1. The standard InChI is InChI=1S/C10H11Cl2N3O2/c11-7-5-13-10(14-8(7)12)15-3-1-6(2-4-15)9(16)17/h5-6H,1-4H2,(H,16,17). The van der Waals surface area contributed by atoms with Crippen molar-refractivity contribution in [2.45, 2.75) is 12.8 Å². The van der Waals surface area contributed by atoms with Gasteiger partial charge in [0.05, 0.1) is 17.1 Å². The minimum atomic E-state index is -0.736. The van der Waals surface area contributed by atoms with Gasteiger partial charge in [-0.1, -0.05) is 23.2 Å². The highest BCUT2D eigenvalue weighted by Gasteiger charge is 2.25. The molecule has 1 aliphatic heterocycles. The van der Waals surface area contributed by atoms with Crippen LogP contribution in [0.4, 0.5) is 5.95 Å². The molecule has 0 aromatic carbocycles. The average Bonchev–Trinajstić information content (AvgIpc) is 2.33. The Kier molecular flexibility index (Phi) is 3.69. The normalized spacial score (nSPS) is 17.2. The first-order valence-electron chi connectivity index (χ1n) is 5.23. The second kappa shape index (κ2) is 5.06. The van der Waals surface area contributed by atoms with E-state index < -0.39 is 5.97 Å². The third-order valence-corrected chi connectivity index (χ3v) is 3.48. The van der Waals surface area contributed by atoms with Gasteiger partial charge in [-0.15, -0.1) is 0 Å². The second-order valence-corrected chi connectivity index (χ2v) is 4.67. The Labute approximate surface area is 108 Å². The first kappa shape index (κ1) is 12.4. The van der Waals surface area contributed by atoms with Gasteiger partial charge in [-0.3, -0.25) is 4.79 Å². The molecule has 0 unspecified atom stereocenters. The Bertz CT molecular complexity index is 434. The lowest BCUT2D eigenvalue weighted by atomic mass is 9.97. The highest BCUT2D eigenvalue weighted by Crippen LogP contribution is 2.24. The number of aliphatic carboxylic acids is 1. The van der Waals surface area contributed by atoms with Crippen LogP contribution >= 0.6 is 23.2 Å². The maximum Gasteiger partial charge on any atom is 0.306 e. The van der Waals surface area contributed by atoms with Gasteiger partial charge >= 0.3 is 5.97 Å². The molecule has 2 rings (SSSR count). The van der Waals surface area contributed by atoms with Gasteiger partial charge in [0.1, 0.15) is 0 Å². The molecule has 0 atom stereocenters. The molecule has 17 heavy (non-hydrogen) atoms. The van der Waals surface area contributed by atoms with Crippen LogP contribution in [0.5, 0.6) is 0 Å². The molecule has 1 N–H and O–H groups in total. The molecule has 7 heteroatoms. The third kappa shape index (κ3) is 2.79. The number of carboxylic acids is 1. The highest BCUT2D eigenvalue weighted by molar-refractivity contribution is 6.41. The number of carboxylic acid groups (broad SMARTS) is 1. The number of carbonyl (C=O) groups is 1. The van der Waals surface area contributed by atoms with Crippen molar-refractivity contribution < 1.29 is 9.90 Å². The van der Waals surface area contributed by atoms with Crippen molar-refractivity contribution in [2.24, 2.45) is 5.92 Å². The lowest BCUT2D eigenvalue weighted by Crippen LogP contribution is -2.37. The van der Waals surface area contributed by atoms with Crippen LogP contribution in [0.25, 0.3) is 0 Å². The Morgan fingerprint density at radius 3 is 2.59 bits per heavy atom. The van der Waals surface area contributed by atoms with E-state index in [0.717, 1.165) is 0 Å². The van der Waals surface area contributed by atoms with Crippen LogP contribution in [0.3, 0.4) is 0 Å². The summed E-state index contributed by atoms with van der Waals surface area (Å²) in [5.41, 5.74) is 0. The molecule has 1 aliphatic rings. The predicted octanol–water partition coefficient (Wildman–Crippen LogP) is 2.08. The van der Waals surface area contributed by atoms with Gasteiger partial charge in [0, 0.05) is 13.1 Å². The van der Waals surface area contributed by atoms with E-state index in [1.165, 1.54) is 6.20 Å². The van der Waals surface area contributed by atoms with Gasteiger partial charge in [-0.05, 0) is 12.8 Å². The van der Waals surface area contributed by atoms with Gasteiger partial charge in [-0.25, -0.2) is 4.98 Å². The van der Waals surface area contributed by atoms with Crippen LogP contribution in [0.2, 0.25) is 10.2 Å². The van der Waals surface area contributed by atoms with Crippen molar-refractivity contribution in [2.75, 3.05) is 18.0 Å². The molecule has 0 aliphatic carbocycles. The highest BCUT2D eigenvalue weighted by atomic mass is 35.5. The van der Waals surface area contributed by atoms with E-state index in [2.05, 4.69) is 9.97 Å². The molecule has 0 saturated carbocycles. The summed E-state index contributed by atoms with van der Waals surface area (Å²) in [5.74, 6) is -0.503. The fourth-order valence-corrected chi connectivity index (χ4v) is 2.03. The monoisotopic (exact) mass is 275 g/mol. The zero-order valence-corrected chi connectivity index (χ0v) is 10.4. The van der Waals surface area contributed by atoms with Crippen molar-refractivity contribution in [3.63, 3.8) is 0 Å². The summed E-state index contributed by atoms with van der Waals surface area (Å²) in [5, 5.41) is 9.42. The zero-order chi connectivity index (χ0) is 12.4. The number of piperidine rings is 1. The van der Waals surface area contributed by atoms with Crippen LogP contribution in [0.15, 0.2) is 6.20 Å². The van der Waals surface area contributed by atoms with Crippen LogP contribution in [-0.2, 0) is 4.79 Å². The Morgan fingerprint density at radius 1 is 1.41 bits per heavy atom. The van der Waals surface area contributed by atoms with E-state index in [1.54, 1.807) is 0 Å². The molecule has 0 radical (unpaired) electrons. The summed E-state index contributed by atoms with van der Waals surface area (Å²) in [6.07, 6.45) is 2.65. The van der Waals surface area contributed by atoms with E-state index in [1.807, 2.05) is 4.90 Å². The van der Waals surface area contributed by atoms with E-state index in [-0.39, 0.29) is 11.1 Å². The molecule has 92 valence electrons. The molecule has 1 aromatic rings. The Morgan fingerprint density at radius 2 is 2.06 bits per heavy atom. The Balaban J connectivity index is 2.05.